The zero-order valence-corrected chi connectivity index (χ0v) is 15.1. The number of carbonyl (C=O) groups excluding carboxylic acids is 2. The highest BCUT2D eigenvalue weighted by Gasteiger charge is 2.17. The lowest BCUT2D eigenvalue weighted by Gasteiger charge is -2.19. The van der Waals surface area contributed by atoms with Gasteiger partial charge in [0.15, 0.2) is 0 Å². The van der Waals surface area contributed by atoms with Gasteiger partial charge in [-0.05, 0) is 29.8 Å². The summed E-state index contributed by atoms with van der Waals surface area (Å²) in [5.41, 5.74) is 2.63. The van der Waals surface area contributed by atoms with Crippen LogP contribution in [0.1, 0.15) is 15.9 Å². The first-order valence-electron chi connectivity index (χ1n) is 8.65. The molecule has 2 N–H and O–H groups in total. The van der Waals surface area contributed by atoms with Gasteiger partial charge in [0.05, 0.1) is 11.3 Å². The molecule has 0 atom stereocenters. The molecule has 3 aromatic rings. The third-order valence-corrected chi connectivity index (χ3v) is 4.05. The van der Waals surface area contributed by atoms with Gasteiger partial charge in [-0.3, -0.25) is 4.79 Å². The van der Waals surface area contributed by atoms with Gasteiger partial charge in [-0.2, -0.15) is 0 Å². The van der Waals surface area contributed by atoms with Crippen molar-refractivity contribution in [1.29, 1.82) is 0 Å². The first-order valence-corrected chi connectivity index (χ1v) is 8.65. The fraction of sp³-hybridized carbons (Fsp3) is 0.0909. The summed E-state index contributed by atoms with van der Waals surface area (Å²) < 4.78 is 0. The van der Waals surface area contributed by atoms with Crippen molar-refractivity contribution in [3.8, 4) is 0 Å². The van der Waals surface area contributed by atoms with Gasteiger partial charge in [-0.15, -0.1) is 0 Å². The van der Waals surface area contributed by atoms with Crippen molar-refractivity contribution in [3.63, 3.8) is 0 Å². The molecule has 0 aromatic heterocycles. The Hall–Kier alpha value is -3.60. The lowest BCUT2D eigenvalue weighted by molar-refractivity contribution is 0.0786. The zero-order chi connectivity index (χ0) is 19.1. The van der Waals surface area contributed by atoms with Crippen LogP contribution in [0.5, 0.6) is 0 Å². The van der Waals surface area contributed by atoms with E-state index in [1.807, 2.05) is 48.5 Å². The topological polar surface area (TPSA) is 61.4 Å². The van der Waals surface area contributed by atoms with Crippen LogP contribution in [0.15, 0.2) is 84.9 Å². The Labute approximate surface area is 158 Å². The minimum Gasteiger partial charge on any atom is -0.337 e. The van der Waals surface area contributed by atoms with Crippen LogP contribution in [0.25, 0.3) is 0 Å². The van der Waals surface area contributed by atoms with Crippen LogP contribution < -0.4 is 10.6 Å². The van der Waals surface area contributed by atoms with Crippen LogP contribution in [-0.4, -0.2) is 23.9 Å². The molecule has 0 saturated heterocycles. The summed E-state index contributed by atoms with van der Waals surface area (Å²) in [6.45, 7) is 0.490. The minimum absolute atomic E-state index is 0.158. The van der Waals surface area contributed by atoms with Crippen molar-refractivity contribution in [2.24, 2.45) is 0 Å². The highest BCUT2D eigenvalue weighted by atomic mass is 16.2. The number of nitrogens with one attached hydrogen (secondary N) is 2. The van der Waals surface area contributed by atoms with Gasteiger partial charge >= 0.3 is 6.03 Å². The molecule has 0 fully saturated rings. The summed E-state index contributed by atoms with van der Waals surface area (Å²) in [7, 11) is 1.75. The Morgan fingerprint density at radius 3 is 2.07 bits per heavy atom. The number of anilines is 2. The highest BCUT2D eigenvalue weighted by Crippen LogP contribution is 2.18. The summed E-state index contributed by atoms with van der Waals surface area (Å²) in [5.74, 6) is -0.158. The molecule has 0 aliphatic carbocycles. The number of rotatable bonds is 5. The Bertz CT molecular complexity index is 911. The number of carbonyl (C=O) groups is 2. The maximum absolute atomic E-state index is 12.9. The van der Waals surface area contributed by atoms with Gasteiger partial charge in [0, 0.05) is 19.3 Å². The summed E-state index contributed by atoms with van der Waals surface area (Å²) >= 11 is 0. The quantitative estimate of drug-likeness (QED) is 0.699. The Balaban J connectivity index is 1.71. The first kappa shape index (κ1) is 18.2. The number of para-hydroxylation sites is 2. The zero-order valence-electron chi connectivity index (χ0n) is 15.1. The monoisotopic (exact) mass is 359 g/mol. The van der Waals surface area contributed by atoms with Gasteiger partial charge in [-0.25, -0.2) is 4.79 Å². The van der Waals surface area contributed by atoms with Crippen molar-refractivity contribution >= 4 is 23.3 Å². The van der Waals surface area contributed by atoms with Crippen LogP contribution in [0.4, 0.5) is 16.2 Å². The molecule has 0 bridgehead atoms. The van der Waals surface area contributed by atoms with E-state index in [1.165, 1.54) is 0 Å². The number of hydrogen-bond acceptors (Lipinski definition) is 2. The molecule has 0 heterocycles. The molecule has 136 valence electrons. The third-order valence-electron chi connectivity index (χ3n) is 4.05. The fourth-order valence-electron chi connectivity index (χ4n) is 2.72. The molecule has 0 unspecified atom stereocenters. The van der Waals surface area contributed by atoms with Crippen molar-refractivity contribution in [1.82, 2.24) is 4.90 Å². The molecular weight excluding hydrogens is 338 g/mol. The second kappa shape index (κ2) is 8.67. The number of nitrogens with zero attached hydrogens (tertiary/aromatic N) is 1. The molecular formula is C22H21N3O2. The van der Waals surface area contributed by atoms with E-state index >= 15 is 0 Å². The average molecular weight is 359 g/mol. The van der Waals surface area contributed by atoms with E-state index in [-0.39, 0.29) is 5.91 Å². The van der Waals surface area contributed by atoms with Gasteiger partial charge in [0.2, 0.25) is 0 Å². The summed E-state index contributed by atoms with van der Waals surface area (Å²) in [5, 5.41) is 5.51. The molecule has 0 radical (unpaired) electrons. The number of amides is 3. The molecule has 5 nitrogen and oxygen atoms in total. The molecule has 3 amide bonds. The molecule has 3 rings (SSSR count). The second-order valence-electron chi connectivity index (χ2n) is 6.14. The van der Waals surface area contributed by atoms with E-state index in [9.17, 15) is 9.59 Å². The molecule has 3 aromatic carbocycles. The fourth-order valence-corrected chi connectivity index (χ4v) is 2.72. The van der Waals surface area contributed by atoms with E-state index in [4.69, 9.17) is 0 Å². The SMILES string of the molecule is CN(Cc1ccccc1)C(=O)c1ccccc1NC(=O)Nc1ccccc1. The maximum atomic E-state index is 12.9. The predicted molar refractivity (Wildman–Crippen MR) is 108 cm³/mol. The normalized spacial score (nSPS) is 10.1. The number of urea groups is 1. The highest BCUT2D eigenvalue weighted by molar-refractivity contribution is 6.06. The van der Waals surface area contributed by atoms with Gasteiger partial charge in [0.25, 0.3) is 5.91 Å². The first-order chi connectivity index (χ1) is 13.1. The molecule has 0 spiro atoms. The van der Waals surface area contributed by atoms with E-state index in [0.29, 0.717) is 23.5 Å². The van der Waals surface area contributed by atoms with E-state index in [2.05, 4.69) is 10.6 Å². The smallest absolute Gasteiger partial charge is 0.323 e. The summed E-state index contributed by atoms with van der Waals surface area (Å²) in [4.78, 5) is 26.8. The Kier molecular flexibility index (Phi) is 5.84. The summed E-state index contributed by atoms with van der Waals surface area (Å²) in [6.07, 6.45) is 0. The Morgan fingerprint density at radius 2 is 1.37 bits per heavy atom. The standard InChI is InChI=1S/C22H21N3O2/c1-25(16-17-10-4-2-5-11-17)21(26)19-14-8-9-15-20(19)24-22(27)23-18-12-6-3-7-13-18/h2-15H,16H2,1H3,(H2,23,24,27). The lowest BCUT2D eigenvalue weighted by Crippen LogP contribution is -2.28. The van der Waals surface area contributed by atoms with Crippen LogP contribution in [0.2, 0.25) is 0 Å². The van der Waals surface area contributed by atoms with E-state index < -0.39 is 6.03 Å². The molecule has 0 aliphatic heterocycles. The maximum Gasteiger partial charge on any atom is 0.323 e. The van der Waals surface area contributed by atoms with Gasteiger partial charge < -0.3 is 15.5 Å². The van der Waals surface area contributed by atoms with Gasteiger partial charge in [-0.1, -0.05) is 60.7 Å². The molecule has 0 saturated carbocycles. The van der Waals surface area contributed by atoms with Crippen LogP contribution in [-0.2, 0) is 6.54 Å². The van der Waals surface area contributed by atoms with Crippen LogP contribution in [0, 0.1) is 0 Å². The number of benzene rings is 3. The van der Waals surface area contributed by atoms with Gasteiger partial charge in [0.1, 0.15) is 0 Å². The lowest BCUT2D eigenvalue weighted by atomic mass is 10.1. The largest absolute Gasteiger partial charge is 0.337 e. The summed E-state index contributed by atoms with van der Waals surface area (Å²) in [6, 6.07) is 25.5. The third kappa shape index (κ3) is 4.95. The second-order valence-corrected chi connectivity index (χ2v) is 6.14. The average Bonchev–Trinajstić information content (AvgIpc) is 2.69. The van der Waals surface area contributed by atoms with E-state index in [1.54, 1.807) is 48.3 Å². The van der Waals surface area contributed by atoms with E-state index in [0.717, 1.165) is 5.56 Å². The van der Waals surface area contributed by atoms with Crippen LogP contribution >= 0.6 is 0 Å². The molecule has 27 heavy (non-hydrogen) atoms. The molecule has 5 heteroatoms. The van der Waals surface area contributed by atoms with Crippen LogP contribution in [0.3, 0.4) is 0 Å². The minimum atomic E-state index is -0.396. The van der Waals surface area contributed by atoms with Crippen molar-refractivity contribution < 1.29 is 9.59 Å². The Morgan fingerprint density at radius 1 is 0.778 bits per heavy atom. The molecule has 0 aliphatic rings. The van der Waals surface area contributed by atoms with Crippen molar-refractivity contribution in [3.05, 3.63) is 96.1 Å². The number of hydrogen-bond donors (Lipinski definition) is 2. The van der Waals surface area contributed by atoms with Crippen molar-refractivity contribution in [2.45, 2.75) is 6.54 Å². The predicted octanol–water partition coefficient (Wildman–Crippen LogP) is 4.60. The van der Waals surface area contributed by atoms with Crippen molar-refractivity contribution in [2.75, 3.05) is 17.7 Å².